The molecule has 1 aliphatic heterocycles. The molecule has 30 heavy (non-hydrogen) atoms. The summed E-state index contributed by atoms with van der Waals surface area (Å²) in [5, 5.41) is 27.9. The maximum atomic E-state index is 11.8. The molecule has 4 rings (SSSR count). The van der Waals surface area contributed by atoms with Crippen LogP contribution in [0.25, 0.3) is 0 Å². The summed E-state index contributed by atoms with van der Waals surface area (Å²) >= 11 is 0. The first-order valence-electron chi connectivity index (χ1n) is 12.0. The smallest absolute Gasteiger partial charge is 0.243 e. The van der Waals surface area contributed by atoms with Gasteiger partial charge in [0.25, 0.3) is 0 Å². The molecule has 0 aromatic rings. The van der Waals surface area contributed by atoms with Crippen LogP contribution in [0.3, 0.4) is 0 Å². The van der Waals surface area contributed by atoms with E-state index < -0.39 is 12.2 Å². The number of hydrogen-bond donors (Lipinski definition) is 4. The molecule has 0 bridgehead atoms. The average Bonchev–Trinajstić information content (AvgIpc) is 3.05. The summed E-state index contributed by atoms with van der Waals surface area (Å²) in [4.78, 5) is 11.8. The number of fused-ring (bicyclic) bond motifs is 2. The lowest BCUT2D eigenvalue weighted by Crippen LogP contribution is -2.48. The summed E-state index contributed by atoms with van der Waals surface area (Å²) in [7, 11) is 0. The summed E-state index contributed by atoms with van der Waals surface area (Å²) in [5.74, 6) is 1.30. The van der Waals surface area contributed by atoms with Crippen molar-refractivity contribution < 1.29 is 15.0 Å². The van der Waals surface area contributed by atoms with E-state index in [1.54, 1.807) is 6.08 Å². The van der Waals surface area contributed by atoms with Gasteiger partial charge in [0.1, 0.15) is 0 Å². The molecule has 166 valence electrons. The van der Waals surface area contributed by atoms with E-state index in [-0.39, 0.29) is 23.8 Å². The predicted molar refractivity (Wildman–Crippen MR) is 119 cm³/mol. The molecule has 1 heterocycles. The van der Waals surface area contributed by atoms with E-state index in [9.17, 15) is 15.0 Å². The number of carbonyl (C=O) groups excluding carboxylic acids is 1. The molecule has 0 radical (unpaired) electrons. The normalized spacial score (nSPS) is 39.3. The van der Waals surface area contributed by atoms with Crippen molar-refractivity contribution in [1.29, 1.82) is 0 Å². The maximum Gasteiger partial charge on any atom is 0.243 e. The largest absolute Gasteiger partial charge is 0.393 e. The average molecular weight is 415 g/mol. The van der Waals surface area contributed by atoms with Crippen molar-refractivity contribution in [2.75, 3.05) is 6.54 Å². The molecule has 3 aliphatic carbocycles. The standard InChI is InChI=1S/C25H38N2O3/c1-3-15-9-17-11-19(12-18(17)10-16(15)4-2)26-14-24(29)22-6-5-20(28)13-23-21(22)7-8-25(30)27-23/h7-10,17-24,26,28-29H,3-6,11-14H2,1-2H3,(H,27,30)/t17?,18?,19?,20?,21?,22?,23?,24-/m0/s1. The highest BCUT2D eigenvalue weighted by Crippen LogP contribution is 2.41. The summed E-state index contributed by atoms with van der Waals surface area (Å²) < 4.78 is 0. The van der Waals surface area contributed by atoms with Gasteiger partial charge in [-0.15, -0.1) is 0 Å². The molecule has 0 aromatic carbocycles. The summed E-state index contributed by atoms with van der Waals surface area (Å²) in [5.41, 5.74) is 3.04. The van der Waals surface area contributed by atoms with Gasteiger partial charge < -0.3 is 20.8 Å². The Bertz CT molecular complexity index is 700. The number of aliphatic hydroxyl groups excluding tert-OH is 2. The number of allylic oxidation sites excluding steroid dienone is 4. The molecule has 0 saturated heterocycles. The van der Waals surface area contributed by atoms with Crippen LogP contribution in [-0.4, -0.2) is 47.0 Å². The number of carbonyl (C=O) groups is 1. The minimum absolute atomic E-state index is 0.0540. The fourth-order valence-electron chi connectivity index (χ4n) is 6.27. The molecule has 0 spiro atoms. The summed E-state index contributed by atoms with van der Waals surface area (Å²) in [6.45, 7) is 5.07. The van der Waals surface area contributed by atoms with E-state index in [4.69, 9.17) is 0 Å². The molecule has 4 aliphatic rings. The first-order valence-corrected chi connectivity index (χ1v) is 12.0. The second-order valence-electron chi connectivity index (χ2n) is 9.74. The Labute approximate surface area is 180 Å². The Morgan fingerprint density at radius 3 is 2.40 bits per heavy atom. The Balaban J connectivity index is 1.36. The van der Waals surface area contributed by atoms with Gasteiger partial charge in [-0.1, -0.05) is 32.1 Å². The third-order valence-electron chi connectivity index (χ3n) is 7.89. The lowest BCUT2D eigenvalue weighted by Gasteiger charge is -2.35. The van der Waals surface area contributed by atoms with Crippen LogP contribution < -0.4 is 10.6 Å². The second-order valence-corrected chi connectivity index (χ2v) is 9.74. The van der Waals surface area contributed by atoms with Crippen LogP contribution in [0.4, 0.5) is 0 Å². The van der Waals surface area contributed by atoms with Crippen molar-refractivity contribution >= 4 is 5.91 Å². The van der Waals surface area contributed by atoms with E-state index in [2.05, 4.69) is 36.6 Å². The molecule has 6 unspecified atom stereocenters. The van der Waals surface area contributed by atoms with Crippen molar-refractivity contribution in [2.45, 2.75) is 83.1 Å². The molecule has 7 atom stereocenters. The van der Waals surface area contributed by atoms with E-state index in [1.807, 2.05) is 6.08 Å². The Morgan fingerprint density at radius 1 is 1.10 bits per heavy atom. The number of nitrogens with one attached hydrogen (secondary N) is 2. The predicted octanol–water partition coefficient (Wildman–Crippen LogP) is 2.85. The van der Waals surface area contributed by atoms with Crippen molar-refractivity contribution in [3.8, 4) is 0 Å². The highest BCUT2D eigenvalue weighted by molar-refractivity contribution is 5.88. The lowest BCUT2D eigenvalue weighted by atomic mass is 9.79. The molecule has 5 heteroatoms. The lowest BCUT2D eigenvalue weighted by molar-refractivity contribution is -0.118. The first-order chi connectivity index (χ1) is 14.5. The third-order valence-corrected chi connectivity index (χ3v) is 7.89. The molecule has 5 nitrogen and oxygen atoms in total. The van der Waals surface area contributed by atoms with E-state index >= 15 is 0 Å². The van der Waals surface area contributed by atoms with Crippen LogP contribution in [0.15, 0.2) is 35.5 Å². The van der Waals surface area contributed by atoms with Crippen molar-refractivity contribution in [2.24, 2.45) is 23.7 Å². The zero-order valence-electron chi connectivity index (χ0n) is 18.4. The van der Waals surface area contributed by atoms with Gasteiger partial charge >= 0.3 is 0 Å². The van der Waals surface area contributed by atoms with Gasteiger partial charge in [-0.3, -0.25) is 4.79 Å². The second kappa shape index (κ2) is 9.37. The van der Waals surface area contributed by atoms with E-state index in [0.29, 0.717) is 37.3 Å². The van der Waals surface area contributed by atoms with Gasteiger partial charge in [-0.05, 0) is 79.9 Å². The minimum Gasteiger partial charge on any atom is -0.393 e. The van der Waals surface area contributed by atoms with Gasteiger partial charge in [-0.2, -0.15) is 0 Å². The van der Waals surface area contributed by atoms with Gasteiger partial charge in [0, 0.05) is 24.5 Å². The molecule has 4 N–H and O–H groups in total. The Kier molecular flexibility index (Phi) is 6.81. The molecule has 0 aromatic heterocycles. The van der Waals surface area contributed by atoms with Crippen molar-refractivity contribution in [3.05, 3.63) is 35.5 Å². The van der Waals surface area contributed by atoms with Crippen LogP contribution in [0.1, 0.15) is 58.8 Å². The zero-order chi connectivity index (χ0) is 21.3. The maximum absolute atomic E-state index is 11.8. The first kappa shape index (κ1) is 21.8. The van der Waals surface area contributed by atoms with Gasteiger partial charge in [0.15, 0.2) is 0 Å². The number of rotatable bonds is 6. The monoisotopic (exact) mass is 414 g/mol. The van der Waals surface area contributed by atoms with Crippen LogP contribution in [0.5, 0.6) is 0 Å². The van der Waals surface area contributed by atoms with Gasteiger partial charge in [0.05, 0.1) is 12.2 Å². The molecular formula is C25H38N2O3. The number of amides is 1. The number of hydrogen-bond acceptors (Lipinski definition) is 4. The zero-order valence-corrected chi connectivity index (χ0v) is 18.4. The van der Waals surface area contributed by atoms with Crippen molar-refractivity contribution in [1.82, 2.24) is 10.6 Å². The Hall–Kier alpha value is -1.43. The highest BCUT2D eigenvalue weighted by Gasteiger charge is 2.40. The van der Waals surface area contributed by atoms with Crippen LogP contribution in [0.2, 0.25) is 0 Å². The summed E-state index contributed by atoms with van der Waals surface area (Å²) in [6.07, 6.45) is 14.2. The molecule has 2 fully saturated rings. The van der Waals surface area contributed by atoms with Gasteiger partial charge in [0.2, 0.25) is 5.91 Å². The quantitative estimate of drug-likeness (QED) is 0.539. The van der Waals surface area contributed by atoms with Crippen LogP contribution in [0, 0.1) is 23.7 Å². The Morgan fingerprint density at radius 2 is 1.77 bits per heavy atom. The topological polar surface area (TPSA) is 81.6 Å². The van der Waals surface area contributed by atoms with Crippen LogP contribution >= 0.6 is 0 Å². The molecule has 1 amide bonds. The van der Waals surface area contributed by atoms with Gasteiger partial charge in [-0.25, -0.2) is 0 Å². The van der Waals surface area contributed by atoms with Crippen molar-refractivity contribution in [3.63, 3.8) is 0 Å². The SMILES string of the molecule is CCC1=CC2CC(NC[C@H](O)C3CCC(O)CC4NC(=O)C=CC43)CC2C=C1CC. The fourth-order valence-corrected chi connectivity index (χ4v) is 6.27. The van der Waals surface area contributed by atoms with E-state index in [0.717, 1.165) is 32.1 Å². The summed E-state index contributed by atoms with van der Waals surface area (Å²) in [6, 6.07) is 0.356. The highest BCUT2D eigenvalue weighted by atomic mass is 16.3. The molecule has 2 saturated carbocycles. The third kappa shape index (κ3) is 4.58. The minimum atomic E-state index is -0.478. The van der Waals surface area contributed by atoms with Crippen LogP contribution in [-0.2, 0) is 4.79 Å². The number of aliphatic hydroxyl groups is 2. The molecular weight excluding hydrogens is 376 g/mol. The van der Waals surface area contributed by atoms with E-state index in [1.165, 1.54) is 11.1 Å². The fraction of sp³-hybridized carbons (Fsp3) is 0.720.